The molecule has 0 radical (unpaired) electrons. The largest absolute Gasteiger partial charge is 0.443 e. The number of anilines is 1. The van der Waals surface area contributed by atoms with Crippen LogP contribution in [0.3, 0.4) is 0 Å². The molecule has 0 bridgehead atoms. The Kier molecular flexibility index (Phi) is 4.77. The number of aromatic nitrogens is 3. The number of nitrogens with zero attached hydrogens (tertiary/aromatic N) is 4. The van der Waals surface area contributed by atoms with Crippen molar-refractivity contribution >= 4 is 39.3 Å². The lowest BCUT2D eigenvalue weighted by atomic mass is 10.2. The molecule has 0 N–H and O–H groups in total. The molecular formula is C14H16BrClN4O2. The monoisotopic (exact) mass is 386 g/mol. The summed E-state index contributed by atoms with van der Waals surface area (Å²) in [6, 6.07) is 1.84. The zero-order valence-corrected chi connectivity index (χ0v) is 15.0. The molecule has 2 aromatic rings. The molecule has 2 rings (SSSR count). The van der Waals surface area contributed by atoms with E-state index in [4.69, 9.17) is 16.3 Å². The van der Waals surface area contributed by atoms with E-state index in [1.807, 2.05) is 6.07 Å². The third kappa shape index (κ3) is 3.98. The van der Waals surface area contributed by atoms with Crippen LogP contribution in [0.1, 0.15) is 20.8 Å². The van der Waals surface area contributed by atoms with Crippen molar-refractivity contribution in [3.05, 3.63) is 34.3 Å². The van der Waals surface area contributed by atoms with E-state index in [0.29, 0.717) is 5.69 Å². The summed E-state index contributed by atoms with van der Waals surface area (Å²) in [5.41, 5.74) is 0.596. The van der Waals surface area contributed by atoms with Crippen molar-refractivity contribution in [3.63, 3.8) is 0 Å². The summed E-state index contributed by atoms with van der Waals surface area (Å²) in [5, 5.41) is 4.40. The first-order valence-electron chi connectivity index (χ1n) is 6.50. The fraction of sp³-hybridized carbons (Fsp3) is 0.357. The molecule has 0 fully saturated rings. The molecule has 2 aromatic heterocycles. The zero-order valence-electron chi connectivity index (χ0n) is 12.7. The summed E-state index contributed by atoms with van der Waals surface area (Å²) in [6.45, 7) is 5.41. The van der Waals surface area contributed by atoms with Gasteiger partial charge in [0, 0.05) is 17.7 Å². The smallest absolute Gasteiger partial charge is 0.414 e. The molecule has 1 amide bonds. The van der Waals surface area contributed by atoms with Gasteiger partial charge in [-0.2, -0.15) is 5.10 Å². The van der Waals surface area contributed by atoms with Gasteiger partial charge in [-0.25, -0.2) is 9.48 Å². The van der Waals surface area contributed by atoms with Gasteiger partial charge in [0.05, 0.1) is 18.1 Å². The number of hydrogen-bond donors (Lipinski definition) is 0. The van der Waals surface area contributed by atoms with Crippen LogP contribution in [0.25, 0.3) is 5.69 Å². The molecule has 2 heterocycles. The van der Waals surface area contributed by atoms with Crippen LogP contribution in [-0.2, 0) is 4.74 Å². The van der Waals surface area contributed by atoms with E-state index in [9.17, 15) is 4.79 Å². The minimum absolute atomic E-state index is 0.202. The Morgan fingerprint density at radius 2 is 2.09 bits per heavy atom. The molecule has 22 heavy (non-hydrogen) atoms. The topological polar surface area (TPSA) is 60.2 Å². The molecule has 0 unspecified atom stereocenters. The molecule has 0 saturated heterocycles. The lowest BCUT2D eigenvalue weighted by molar-refractivity contribution is 0.0589. The average molecular weight is 388 g/mol. The predicted molar refractivity (Wildman–Crippen MR) is 88.7 cm³/mol. The normalized spacial score (nSPS) is 11.4. The maximum atomic E-state index is 12.1. The molecule has 0 aliphatic carbocycles. The second-order valence-corrected chi connectivity index (χ2v) is 6.92. The Morgan fingerprint density at radius 1 is 1.41 bits per heavy atom. The van der Waals surface area contributed by atoms with E-state index < -0.39 is 11.7 Å². The van der Waals surface area contributed by atoms with Crippen LogP contribution in [0.15, 0.2) is 29.1 Å². The number of pyridine rings is 1. The minimum Gasteiger partial charge on any atom is -0.443 e. The van der Waals surface area contributed by atoms with Gasteiger partial charge in [0.2, 0.25) is 0 Å². The molecule has 0 spiro atoms. The van der Waals surface area contributed by atoms with Crippen LogP contribution in [0.2, 0.25) is 5.15 Å². The predicted octanol–water partition coefficient (Wildman–Crippen LogP) is 4.05. The summed E-state index contributed by atoms with van der Waals surface area (Å²) in [5.74, 6) is 0. The summed E-state index contributed by atoms with van der Waals surface area (Å²) in [6.07, 6.45) is 4.46. The fourth-order valence-corrected chi connectivity index (χ4v) is 2.27. The van der Waals surface area contributed by atoms with Crippen molar-refractivity contribution in [1.82, 2.24) is 14.8 Å². The van der Waals surface area contributed by atoms with E-state index in [2.05, 4.69) is 26.0 Å². The molecule has 6 nitrogen and oxygen atoms in total. The second-order valence-electron chi connectivity index (χ2n) is 5.65. The fourth-order valence-electron chi connectivity index (χ4n) is 1.66. The Hall–Kier alpha value is -1.60. The zero-order chi connectivity index (χ0) is 16.5. The van der Waals surface area contributed by atoms with Gasteiger partial charge >= 0.3 is 6.09 Å². The van der Waals surface area contributed by atoms with Crippen molar-refractivity contribution in [2.45, 2.75) is 26.4 Å². The van der Waals surface area contributed by atoms with Gasteiger partial charge in [0.25, 0.3) is 0 Å². The first-order valence-corrected chi connectivity index (χ1v) is 7.67. The van der Waals surface area contributed by atoms with E-state index in [1.165, 1.54) is 4.90 Å². The molecule has 0 saturated carbocycles. The van der Waals surface area contributed by atoms with Gasteiger partial charge in [0.1, 0.15) is 11.3 Å². The van der Waals surface area contributed by atoms with Gasteiger partial charge in [-0.1, -0.05) is 11.6 Å². The number of amides is 1. The first kappa shape index (κ1) is 16.8. The van der Waals surface area contributed by atoms with Crippen molar-refractivity contribution in [2.24, 2.45) is 0 Å². The van der Waals surface area contributed by atoms with Gasteiger partial charge in [-0.15, -0.1) is 0 Å². The van der Waals surface area contributed by atoms with Gasteiger partial charge in [-0.05, 0) is 42.8 Å². The highest BCUT2D eigenvalue weighted by molar-refractivity contribution is 9.10. The Labute approximate surface area is 142 Å². The van der Waals surface area contributed by atoms with Crippen LogP contribution in [-0.4, -0.2) is 33.5 Å². The third-order valence-electron chi connectivity index (χ3n) is 2.64. The number of halogens is 2. The van der Waals surface area contributed by atoms with Gasteiger partial charge in [-0.3, -0.25) is 9.88 Å². The Balaban J connectivity index is 2.28. The molecule has 0 atom stereocenters. The van der Waals surface area contributed by atoms with Crippen LogP contribution in [0.4, 0.5) is 10.5 Å². The summed E-state index contributed by atoms with van der Waals surface area (Å²) in [4.78, 5) is 17.5. The highest BCUT2D eigenvalue weighted by atomic mass is 79.9. The third-order valence-corrected chi connectivity index (χ3v) is 3.34. The summed E-state index contributed by atoms with van der Waals surface area (Å²) < 4.78 is 7.68. The maximum Gasteiger partial charge on any atom is 0.414 e. The standard InChI is InChI=1S/C14H16BrClN4O2/c1-14(2,3)22-13(21)19(4)11-8-20(18-12(11)16)10-5-9(15)6-17-7-10/h5-8H,1-4H3. The molecule has 0 aromatic carbocycles. The first-order chi connectivity index (χ1) is 10.2. The van der Waals surface area contributed by atoms with E-state index in [1.54, 1.807) is 51.1 Å². The Morgan fingerprint density at radius 3 is 2.68 bits per heavy atom. The number of hydrogen-bond acceptors (Lipinski definition) is 4. The quantitative estimate of drug-likeness (QED) is 0.780. The highest BCUT2D eigenvalue weighted by Gasteiger charge is 2.23. The van der Waals surface area contributed by atoms with Crippen LogP contribution in [0.5, 0.6) is 0 Å². The number of carbonyl (C=O) groups excluding carboxylic acids is 1. The van der Waals surface area contributed by atoms with Crippen molar-refractivity contribution < 1.29 is 9.53 Å². The van der Waals surface area contributed by atoms with Crippen LogP contribution in [0, 0.1) is 0 Å². The maximum absolute atomic E-state index is 12.1. The van der Waals surface area contributed by atoms with Crippen LogP contribution >= 0.6 is 27.5 Å². The molecule has 0 aliphatic heterocycles. The molecule has 8 heteroatoms. The highest BCUT2D eigenvalue weighted by Crippen LogP contribution is 2.26. The van der Waals surface area contributed by atoms with Gasteiger partial charge < -0.3 is 4.74 Å². The molecular weight excluding hydrogens is 372 g/mol. The average Bonchev–Trinajstić information content (AvgIpc) is 2.78. The number of carbonyl (C=O) groups is 1. The van der Waals surface area contributed by atoms with Gasteiger partial charge in [0.15, 0.2) is 5.15 Å². The number of ether oxygens (including phenoxy) is 1. The van der Waals surface area contributed by atoms with Crippen molar-refractivity contribution in [1.29, 1.82) is 0 Å². The lowest BCUT2D eigenvalue weighted by Crippen LogP contribution is -2.34. The van der Waals surface area contributed by atoms with E-state index in [-0.39, 0.29) is 5.15 Å². The summed E-state index contributed by atoms with van der Waals surface area (Å²) in [7, 11) is 1.58. The molecule has 0 aliphatic rings. The lowest BCUT2D eigenvalue weighted by Gasteiger charge is -2.23. The second kappa shape index (κ2) is 6.26. The Bertz CT molecular complexity index is 696. The van der Waals surface area contributed by atoms with E-state index >= 15 is 0 Å². The van der Waals surface area contributed by atoms with Crippen molar-refractivity contribution in [3.8, 4) is 5.69 Å². The summed E-state index contributed by atoms with van der Waals surface area (Å²) >= 11 is 9.48. The van der Waals surface area contributed by atoms with Crippen LogP contribution < -0.4 is 4.90 Å². The SMILES string of the molecule is CN(C(=O)OC(C)(C)C)c1cn(-c2cncc(Br)c2)nc1Cl. The van der Waals surface area contributed by atoms with Crippen molar-refractivity contribution in [2.75, 3.05) is 11.9 Å². The van der Waals surface area contributed by atoms with E-state index in [0.717, 1.165) is 10.2 Å². The molecule has 118 valence electrons. The number of rotatable bonds is 2. The minimum atomic E-state index is -0.581.